The van der Waals surface area contributed by atoms with E-state index in [2.05, 4.69) is 15.3 Å². The Bertz CT molecular complexity index is 1120. The van der Waals surface area contributed by atoms with Crippen LogP contribution in [0.5, 0.6) is 17.4 Å². The van der Waals surface area contributed by atoms with Gasteiger partial charge in [0.2, 0.25) is 5.88 Å². The summed E-state index contributed by atoms with van der Waals surface area (Å²) in [6, 6.07) is 15.2. The molecule has 0 atom stereocenters. The SMILES string of the molecule is COc1cc(C(C)=O)ccc1Oc1ncnc2scc(-c3ccccc3)c12. The second-order valence-corrected chi connectivity index (χ2v) is 6.76. The Balaban J connectivity index is 1.81. The number of nitrogens with zero attached hydrogens (tertiary/aromatic N) is 2. The van der Waals surface area contributed by atoms with Gasteiger partial charge in [0.05, 0.1) is 12.5 Å². The fourth-order valence-corrected chi connectivity index (χ4v) is 3.74. The molecule has 0 fully saturated rings. The number of aromatic nitrogens is 2. The summed E-state index contributed by atoms with van der Waals surface area (Å²) in [5, 5.41) is 2.91. The van der Waals surface area contributed by atoms with Crippen molar-refractivity contribution in [2.24, 2.45) is 0 Å². The molecule has 0 bridgehead atoms. The van der Waals surface area contributed by atoms with Crippen molar-refractivity contribution in [2.45, 2.75) is 6.92 Å². The standard InChI is InChI=1S/C21H16N2O3S/c1-13(24)15-8-9-17(18(10-15)25-2)26-20-19-16(14-6-4-3-5-7-14)11-27-21(19)23-12-22-20/h3-12H,1-2H3. The molecule has 0 saturated heterocycles. The number of Topliss-reactive ketones (excluding diaryl/α,β-unsaturated/α-hetero) is 1. The van der Waals surface area contributed by atoms with E-state index in [0.717, 1.165) is 21.3 Å². The summed E-state index contributed by atoms with van der Waals surface area (Å²) in [5.74, 6) is 1.39. The third kappa shape index (κ3) is 3.27. The topological polar surface area (TPSA) is 61.3 Å². The lowest BCUT2D eigenvalue weighted by atomic mass is 10.1. The Kier molecular flexibility index (Phi) is 4.56. The first kappa shape index (κ1) is 17.2. The Hall–Kier alpha value is -3.25. The van der Waals surface area contributed by atoms with Gasteiger partial charge in [0, 0.05) is 16.5 Å². The highest BCUT2D eigenvalue weighted by Crippen LogP contribution is 2.40. The summed E-state index contributed by atoms with van der Waals surface area (Å²) in [5.41, 5.74) is 2.65. The lowest BCUT2D eigenvalue weighted by Crippen LogP contribution is -1.97. The smallest absolute Gasteiger partial charge is 0.231 e. The van der Waals surface area contributed by atoms with E-state index in [1.54, 1.807) is 36.6 Å². The number of carbonyl (C=O) groups is 1. The number of fused-ring (bicyclic) bond motifs is 1. The van der Waals surface area contributed by atoms with E-state index in [0.29, 0.717) is 22.9 Å². The van der Waals surface area contributed by atoms with Crippen LogP contribution < -0.4 is 9.47 Å². The van der Waals surface area contributed by atoms with E-state index >= 15 is 0 Å². The van der Waals surface area contributed by atoms with Crippen LogP contribution in [-0.4, -0.2) is 22.9 Å². The molecular weight excluding hydrogens is 360 g/mol. The van der Waals surface area contributed by atoms with Gasteiger partial charge >= 0.3 is 0 Å². The molecule has 0 spiro atoms. The summed E-state index contributed by atoms with van der Waals surface area (Å²) >= 11 is 1.54. The van der Waals surface area contributed by atoms with E-state index < -0.39 is 0 Å². The molecule has 0 N–H and O–H groups in total. The molecule has 134 valence electrons. The molecule has 2 aromatic carbocycles. The van der Waals surface area contributed by atoms with E-state index in [1.165, 1.54) is 13.3 Å². The zero-order valence-electron chi connectivity index (χ0n) is 14.8. The molecule has 0 radical (unpaired) electrons. The van der Waals surface area contributed by atoms with Crippen molar-refractivity contribution in [1.29, 1.82) is 0 Å². The second-order valence-electron chi connectivity index (χ2n) is 5.90. The molecule has 2 aromatic heterocycles. The van der Waals surface area contributed by atoms with Crippen molar-refractivity contribution in [3.8, 4) is 28.5 Å². The predicted molar refractivity (Wildman–Crippen MR) is 106 cm³/mol. The lowest BCUT2D eigenvalue weighted by molar-refractivity contribution is 0.101. The van der Waals surface area contributed by atoms with Gasteiger partial charge < -0.3 is 9.47 Å². The van der Waals surface area contributed by atoms with E-state index in [-0.39, 0.29) is 5.78 Å². The Morgan fingerprint density at radius 3 is 2.59 bits per heavy atom. The molecule has 0 unspecified atom stereocenters. The minimum absolute atomic E-state index is 0.0338. The minimum atomic E-state index is -0.0338. The molecule has 6 heteroatoms. The summed E-state index contributed by atoms with van der Waals surface area (Å²) < 4.78 is 11.5. The zero-order chi connectivity index (χ0) is 18.8. The molecular formula is C21H16N2O3S. The summed E-state index contributed by atoms with van der Waals surface area (Å²) in [6.07, 6.45) is 1.49. The van der Waals surface area contributed by atoms with Crippen molar-refractivity contribution < 1.29 is 14.3 Å². The largest absolute Gasteiger partial charge is 0.493 e. The van der Waals surface area contributed by atoms with Crippen LogP contribution >= 0.6 is 11.3 Å². The molecule has 0 amide bonds. The number of rotatable bonds is 5. The van der Waals surface area contributed by atoms with E-state index in [9.17, 15) is 4.79 Å². The number of ether oxygens (including phenoxy) is 2. The van der Waals surface area contributed by atoms with Gasteiger partial charge in [-0.2, -0.15) is 0 Å². The molecule has 4 aromatic rings. The van der Waals surface area contributed by atoms with E-state index in [4.69, 9.17) is 9.47 Å². The fraction of sp³-hybridized carbons (Fsp3) is 0.0952. The van der Waals surface area contributed by atoms with Crippen molar-refractivity contribution in [2.75, 3.05) is 7.11 Å². The molecule has 0 aliphatic carbocycles. The molecule has 0 aliphatic heterocycles. The first-order chi connectivity index (χ1) is 13.2. The first-order valence-corrected chi connectivity index (χ1v) is 9.20. The van der Waals surface area contributed by atoms with Crippen LogP contribution in [0.4, 0.5) is 0 Å². The van der Waals surface area contributed by atoms with Crippen LogP contribution in [0.1, 0.15) is 17.3 Å². The summed E-state index contributed by atoms with van der Waals surface area (Å²) in [6.45, 7) is 1.51. The highest BCUT2D eigenvalue weighted by Gasteiger charge is 2.17. The maximum atomic E-state index is 11.6. The van der Waals surface area contributed by atoms with Crippen LogP contribution in [0, 0.1) is 0 Å². The zero-order valence-corrected chi connectivity index (χ0v) is 15.6. The second kappa shape index (κ2) is 7.17. The Labute approximate surface area is 160 Å². The van der Waals surface area contributed by atoms with E-state index in [1.807, 2.05) is 30.3 Å². The number of hydrogen-bond acceptors (Lipinski definition) is 6. The maximum absolute atomic E-state index is 11.6. The van der Waals surface area contributed by atoms with Gasteiger partial charge in [-0.15, -0.1) is 11.3 Å². The van der Waals surface area contributed by atoms with Crippen molar-refractivity contribution >= 4 is 27.3 Å². The summed E-state index contributed by atoms with van der Waals surface area (Å²) in [4.78, 5) is 21.2. The minimum Gasteiger partial charge on any atom is -0.493 e. The molecule has 4 rings (SSSR count). The summed E-state index contributed by atoms with van der Waals surface area (Å²) in [7, 11) is 1.54. The molecule has 2 heterocycles. The molecule has 27 heavy (non-hydrogen) atoms. The van der Waals surface area contributed by atoms with Crippen LogP contribution in [0.3, 0.4) is 0 Å². The number of carbonyl (C=O) groups excluding carboxylic acids is 1. The highest BCUT2D eigenvalue weighted by atomic mass is 32.1. The first-order valence-electron chi connectivity index (χ1n) is 8.32. The van der Waals surface area contributed by atoms with Crippen molar-refractivity contribution in [3.63, 3.8) is 0 Å². The van der Waals surface area contributed by atoms with Gasteiger partial charge in [0.15, 0.2) is 17.3 Å². The predicted octanol–water partition coefficient (Wildman–Crippen LogP) is 5.36. The third-order valence-corrected chi connectivity index (χ3v) is 5.08. The lowest BCUT2D eigenvalue weighted by Gasteiger charge is -2.12. The van der Waals surface area contributed by atoms with Gasteiger partial charge in [-0.1, -0.05) is 30.3 Å². The number of benzene rings is 2. The number of ketones is 1. The number of thiophene rings is 1. The monoisotopic (exact) mass is 376 g/mol. The van der Waals surface area contributed by atoms with Crippen LogP contribution in [0.15, 0.2) is 60.2 Å². The van der Waals surface area contributed by atoms with Crippen molar-refractivity contribution in [1.82, 2.24) is 9.97 Å². The fourth-order valence-electron chi connectivity index (χ4n) is 2.83. The van der Waals surface area contributed by atoms with Gasteiger partial charge in [0.25, 0.3) is 0 Å². The Morgan fingerprint density at radius 2 is 1.85 bits per heavy atom. The third-order valence-electron chi connectivity index (χ3n) is 4.20. The average molecular weight is 376 g/mol. The normalized spacial score (nSPS) is 10.7. The van der Waals surface area contributed by atoms with Crippen molar-refractivity contribution in [3.05, 3.63) is 65.8 Å². The molecule has 0 aliphatic rings. The van der Waals surface area contributed by atoms with Crippen LogP contribution in [0.2, 0.25) is 0 Å². The van der Waals surface area contributed by atoms with Crippen LogP contribution in [0.25, 0.3) is 21.3 Å². The number of methoxy groups -OCH3 is 1. The van der Waals surface area contributed by atoms with Crippen LogP contribution in [-0.2, 0) is 0 Å². The average Bonchev–Trinajstić information content (AvgIpc) is 3.14. The van der Waals surface area contributed by atoms with Gasteiger partial charge in [-0.25, -0.2) is 9.97 Å². The quantitative estimate of drug-likeness (QED) is 0.439. The van der Waals surface area contributed by atoms with Gasteiger partial charge in [0.1, 0.15) is 11.2 Å². The molecule has 5 nitrogen and oxygen atoms in total. The molecule has 0 saturated carbocycles. The maximum Gasteiger partial charge on any atom is 0.231 e. The number of hydrogen-bond donors (Lipinski definition) is 0. The Morgan fingerprint density at radius 1 is 1.04 bits per heavy atom. The highest BCUT2D eigenvalue weighted by molar-refractivity contribution is 7.17. The van der Waals surface area contributed by atoms with Gasteiger partial charge in [-0.05, 0) is 30.7 Å². The van der Waals surface area contributed by atoms with Gasteiger partial charge in [-0.3, -0.25) is 4.79 Å².